The van der Waals surface area contributed by atoms with Gasteiger partial charge in [-0.1, -0.05) is 19.9 Å². The molecule has 1 aromatic heterocycles. The van der Waals surface area contributed by atoms with Crippen molar-refractivity contribution in [2.45, 2.75) is 26.2 Å². The number of aliphatic imine (C=N–C) groups is 1. The van der Waals surface area contributed by atoms with Gasteiger partial charge in [0.1, 0.15) is 11.3 Å². The lowest BCUT2D eigenvalue weighted by Gasteiger charge is -2.07. The van der Waals surface area contributed by atoms with E-state index < -0.39 is 4.92 Å². The number of fused-ring (bicyclic) bond motifs is 1. The maximum Gasteiger partial charge on any atom is 0.271 e. The molecular formula is C24H20BrN3O4. The Balaban J connectivity index is 1.58. The summed E-state index contributed by atoms with van der Waals surface area (Å²) in [6, 6.07) is 15.9. The molecule has 8 heteroatoms. The van der Waals surface area contributed by atoms with Crippen LogP contribution in [-0.4, -0.2) is 21.2 Å². The van der Waals surface area contributed by atoms with Crippen LogP contribution in [0.5, 0.6) is 5.75 Å². The smallest absolute Gasteiger partial charge is 0.271 e. The highest BCUT2D eigenvalue weighted by molar-refractivity contribution is 9.10. The third kappa shape index (κ3) is 4.40. The molecule has 0 bridgehead atoms. The van der Waals surface area contributed by atoms with E-state index in [0.717, 1.165) is 23.1 Å². The number of phenols is 1. The predicted molar refractivity (Wildman–Crippen MR) is 128 cm³/mol. The van der Waals surface area contributed by atoms with Crippen LogP contribution in [0.15, 0.2) is 68.5 Å². The van der Waals surface area contributed by atoms with Crippen molar-refractivity contribution in [3.8, 4) is 17.2 Å². The molecule has 0 radical (unpaired) electrons. The number of rotatable bonds is 6. The lowest BCUT2D eigenvalue weighted by atomic mass is 9.98. The molecule has 4 aromatic rings. The van der Waals surface area contributed by atoms with Crippen LogP contribution in [0.4, 0.5) is 11.4 Å². The van der Waals surface area contributed by atoms with Gasteiger partial charge in [-0.2, -0.15) is 0 Å². The van der Waals surface area contributed by atoms with Crippen molar-refractivity contribution in [1.29, 1.82) is 0 Å². The van der Waals surface area contributed by atoms with Gasteiger partial charge in [0.05, 0.1) is 15.1 Å². The van der Waals surface area contributed by atoms with Gasteiger partial charge in [-0.3, -0.25) is 15.1 Å². The number of phenolic OH excluding ortho intramolecular Hbond substituents is 1. The summed E-state index contributed by atoms with van der Waals surface area (Å²) in [5.74, 6) is 0.874. The van der Waals surface area contributed by atoms with Crippen molar-refractivity contribution in [2.24, 2.45) is 4.99 Å². The van der Waals surface area contributed by atoms with Crippen molar-refractivity contribution >= 4 is 44.6 Å². The molecule has 4 rings (SSSR count). The van der Waals surface area contributed by atoms with Gasteiger partial charge in [0, 0.05) is 29.5 Å². The maximum absolute atomic E-state index is 11.0. The Bertz CT molecular complexity index is 1330. The number of aromatic hydroxyl groups is 1. The number of hydrogen-bond donors (Lipinski definition) is 1. The number of nitro groups is 1. The highest BCUT2D eigenvalue weighted by atomic mass is 79.9. The molecule has 32 heavy (non-hydrogen) atoms. The van der Waals surface area contributed by atoms with Gasteiger partial charge in [0.25, 0.3) is 5.69 Å². The number of non-ortho nitro benzene ring substituents is 1. The van der Waals surface area contributed by atoms with Gasteiger partial charge in [-0.05, 0) is 70.2 Å². The summed E-state index contributed by atoms with van der Waals surface area (Å²) in [4.78, 5) is 19.5. The second-order valence-corrected chi connectivity index (χ2v) is 8.34. The monoisotopic (exact) mass is 493 g/mol. The maximum atomic E-state index is 11.0. The van der Waals surface area contributed by atoms with Gasteiger partial charge >= 0.3 is 0 Å². The van der Waals surface area contributed by atoms with Crippen LogP contribution in [0.2, 0.25) is 0 Å². The van der Waals surface area contributed by atoms with Gasteiger partial charge in [0.15, 0.2) is 5.58 Å². The number of halogens is 1. The number of nitro benzene ring substituents is 1. The number of aromatic nitrogens is 1. The van der Waals surface area contributed by atoms with Crippen LogP contribution >= 0.6 is 15.9 Å². The third-order valence-electron chi connectivity index (χ3n) is 5.35. The number of nitrogens with zero attached hydrogens (tertiary/aromatic N) is 3. The van der Waals surface area contributed by atoms with Crippen LogP contribution < -0.4 is 0 Å². The summed E-state index contributed by atoms with van der Waals surface area (Å²) in [5.41, 5.74) is 4.33. The summed E-state index contributed by atoms with van der Waals surface area (Å²) in [6.07, 6.45) is 2.45. The Morgan fingerprint density at radius 1 is 1.22 bits per heavy atom. The zero-order valence-electron chi connectivity index (χ0n) is 17.4. The van der Waals surface area contributed by atoms with E-state index in [2.05, 4.69) is 51.9 Å². The Hall–Kier alpha value is -3.52. The second kappa shape index (κ2) is 8.92. The summed E-state index contributed by atoms with van der Waals surface area (Å²) in [5, 5.41) is 21.2. The summed E-state index contributed by atoms with van der Waals surface area (Å²) in [7, 11) is 0. The molecule has 0 amide bonds. The minimum atomic E-state index is -0.525. The molecule has 0 unspecified atom stereocenters. The molecule has 0 aliphatic heterocycles. The van der Waals surface area contributed by atoms with Crippen molar-refractivity contribution in [3.05, 3.63) is 80.3 Å². The largest absolute Gasteiger partial charge is 0.506 e. The Morgan fingerprint density at radius 3 is 2.66 bits per heavy atom. The molecule has 1 heterocycles. The Labute approximate surface area is 192 Å². The molecule has 0 aliphatic carbocycles. The van der Waals surface area contributed by atoms with E-state index in [9.17, 15) is 15.2 Å². The molecule has 0 spiro atoms. The van der Waals surface area contributed by atoms with Crippen LogP contribution in [0, 0.1) is 10.1 Å². The molecule has 7 nitrogen and oxygen atoms in total. The highest BCUT2D eigenvalue weighted by Crippen LogP contribution is 2.32. The van der Waals surface area contributed by atoms with Crippen molar-refractivity contribution in [2.75, 3.05) is 0 Å². The molecule has 0 fully saturated rings. The first-order chi connectivity index (χ1) is 15.4. The molecule has 3 aromatic carbocycles. The topological polar surface area (TPSA) is 102 Å². The fourth-order valence-electron chi connectivity index (χ4n) is 3.25. The van der Waals surface area contributed by atoms with Crippen LogP contribution in [-0.2, 0) is 0 Å². The molecule has 0 saturated carbocycles. The highest BCUT2D eigenvalue weighted by Gasteiger charge is 2.14. The first kappa shape index (κ1) is 21.7. The minimum Gasteiger partial charge on any atom is -0.506 e. The molecule has 1 atom stereocenters. The van der Waals surface area contributed by atoms with Gasteiger partial charge in [-0.15, -0.1) is 0 Å². The second-order valence-electron chi connectivity index (χ2n) is 7.48. The summed E-state index contributed by atoms with van der Waals surface area (Å²) >= 11 is 3.12. The number of oxazole rings is 1. The van der Waals surface area contributed by atoms with Gasteiger partial charge in [-0.25, -0.2) is 4.98 Å². The minimum absolute atomic E-state index is 0.112. The van der Waals surface area contributed by atoms with Gasteiger partial charge in [0.2, 0.25) is 5.89 Å². The predicted octanol–water partition coefficient (Wildman–Crippen LogP) is 7.14. The van der Waals surface area contributed by atoms with E-state index in [1.165, 1.54) is 23.9 Å². The number of benzene rings is 3. The Morgan fingerprint density at radius 2 is 1.97 bits per heavy atom. The summed E-state index contributed by atoms with van der Waals surface area (Å²) < 4.78 is 6.14. The number of hydrogen-bond acceptors (Lipinski definition) is 6. The lowest BCUT2D eigenvalue weighted by Crippen LogP contribution is -1.91. The molecule has 162 valence electrons. The zero-order valence-corrected chi connectivity index (χ0v) is 19.0. The first-order valence-electron chi connectivity index (χ1n) is 10.1. The fraction of sp³-hybridized carbons (Fsp3) is 0.167. The Kier molecular flexibility index (Phi) is 6.05. The molecular weight excluding hydrogens is 474 g/mol. The zero-order chi connectivity index (χ0) is 22.8. The molecule has 0 aliphatic rings. The average Bonchev–Trinajstić information content (AvgIpc) is 3.23. The first-order valence-corrected chi connectivity index (χ1v) is 10.9. The van der Waals surface area contributed by atoms with Crippen LogP contribution in [0.1, 0.15) is 37.3 Å². The third-order valence-corrected chi connectivity index (χ3v) is 5.95. The van der Waals surface area contributed by atoms with Crippen molar-refractivity contribution in [3.63, 3.8) is 0 Å². The van der Waals surface area contributed by atoms with Crippen LogP contribution in [0.25, 0.3) is 22.6 Å². The SMILES string of the molecule is CC[C@@H](C)c1ccc2oc(-c3ccc(N=Cc4cc([N+](=O)[O-])cc(Br)c4O)cc3)nc2c1. The summed E-state index contributed by atoms with van der Waals surface area (Å²) in [6.45, 7) is 4.35. The van der Waals surface area contributed by atoms with E-state index in [0.29, 0.717) is 17.5 Å². The van der Waals surface area contributed by atoms with E-state index >= 15 is 0 Å². The molecule has 0 saturated heterocycles. The van der Waals surface area contributed by atoms with E-state index in [-0.39, 0.29) is 21.5 Å². The standard InChI is InChI=1S/C24H20BrN3O4/c1-3-14(2)16-6-9-22-21(11-16)27-24(32-22)15-4-7-18(8-5-15)26-13-17-10-19(28(30)31)12-20(25)23(17)29/h4-14,29H,3H2,1-2H3/t14-/m1/s1. The molecule has 1 N–H and O–H groups in total. The van der Waals surface area contributed by atoms with Crippen molar-refractivity contribution < 1.29 is 14.4 Å². The quantitative estimate of drug-likeness (QED) is 0.174. The van der Waals surface area contributed by atoms with E-state index in [1.54, 1.807) is 12.1 Å². The van der Waals surface area contributed by atoms with Crippen molar-refractivity contribution in [1.82, 2.24) is 4.98 Å². The van der Waals surface area contributed by atoms with Crippen LogP contribution in [0.3, 0.4) is 0 Å². The fourth-order valence-corrected chi connectivity index (χ4v) is 3.72. The van der Waals surface area contributed by atoms with E-state index in [4.69, 9.17) is 4.42 Å². The average molecular weight is 494 g/mol. The van der Waals surface area contributed by atoms with E-state index in [1.807, 2.05) is 18.2 Å². The lowest BCUT2D eigenvalue weighted by molar-refractivity contribution is -0.385. The van der Waals surface area contributed by atoms with Gasteiger partial charge < -0.3 is 9.52 Å². The normalized spacial score (nSPS) is 12.5.